The maximum absolute atomic E-state index is 5.89. The minimum atomic E-state index is 0. The zero-order valence-electron chi connectivity index (χ0n) is 14.7. The number of aryl methyl sites for hydroxylation is 1. The van der Waals surface area contributed by atoms with E-state index >= 15 is 0 Å². The van der Waals surface area contributed by atoms with E-state index in [2.05, 4.69) is 34.7 Å². The Labute approximate surface area is 161 Å². The van der Waals surface area contributed by atoms with Gasteiger partial charge >= 0.3 is 0 Å². The quantitative estimate of drug-likeness (QED) is 0.416. The van der Waals surface area contributed by atoms with Gasteiger partial charge in [-0.1, -0.05) is 17.7 Å². The van der Waals surface area contributed by atoms with Crippen molar-refractivity contribution in [3.63, 3.8) is 0 Å². The predicted octanol–water partition coefficient (Wildman–Crippen LogP) is 2.65. The monoisotopic (exact) mass is 445 g/mol. The Hall–Kier alpha value is -1.02. The number of hydrogen-bond acceptors (Lipinski definition) is 3. The standard InChI is InChI=1S/C18H27N3O2.HI/c1-12-4-6-16(22-3)13(10-12)8-9-20-18(19-2)21-15-11-14-5-7-17(15)23-14;/h4,6,10,14-15,17H,5,7-9,11H2,1-3H3,(H2,19,20,21);1H. The van der Waals surface area contributed by atoms with Gasteiger partial charge in [0.15, 0.2) is 5.96 Å². The van der Waals surface area contributed by atoms with Crippen molar-refractivity contribution in [3.8, 4) is 5.75 Å². The summed E-state index contributed by atoms with van der Waals surface area (Å²) in [6.45, 7) is 2.92. The van der Waals surface area contributed by atoms with Crippen LogP contribution >= 0.6 is 24.0 Å². The van der Waals surface area contributed by atoms with Crippen LogP contribution in [0.1, 0.15) is 30.4 Å². The summed E-state index contributed by atoms with van der Waals surface area (Å²) in [4.78, 5) is 4.33. The second kappa shape index (κ2) is 8.89. The molecule has 6 heteroatoms. The van der Waals surface area contributed by atoms with E-state index < -0.39 is 0 Å². The Bertz CT molecular complexity index is 579. The molecule has 0 saturated carbocycles. The molecule has 0 amide bonds. The molecular formula is C18H28IN3O2. The molecule has 2 aliphatic heterocycles. The number of rotatable bonds is 5. The van der Waals surface area contributed by atoms with Gasteiger partial charge in [-0.25, -0.2) is 0 Å². The van der Waals surface area contributed by atoms with Crippen molar-refractivity contribution in [3.05, 3.63) is 29.3 Å². The molecule has 3 rings (SSSR count). The van der Waals surface area contributed by atoms with Crippen LogP contribution in [0.4, 0.5) is 0 Å². The number of halogens is 1. The molecule has 2 bridgehead atoms. The van der Waals surface area contributed by atoms with Crippen molar-refractivity contribution in [2.75, 3.05) is 20.7 Å². The van der Waals surface area contributed by atoms with Gasteiger partial charge in [-0.15, -0.1) is 24.0 Å². The summed E-state index contributed by atoms with van der Waals surface area (Å²) < 4.78 is 11.3. The Balaban J connectivity index is 0.00000208. The van der Waals surface area contributed by atoms with Gasteiger partial charge in [0.2, 0.25) is 0 Å². The van der Waals surface area contributed by atoms with Gasteiger partial charge in [-0.3, -0.25) is 4.99 Å². The third-order valence-corrected chi connectivity index (χ3v) is 4.77. The van der Waals surface area contributed by atoms with Crippen LogP contribution in [0.25, 0.3) is 0 Å². The van der Waals surface area contributed by atoms with Crippen LogP contribution in [0.2, 0.25) is 0 Å². The van der Waals surface area contributed by atoms with E-state index in [-0.39, 0.29) is 24.0 Å². The molecule has 2 aliphatic rings. The highest BCUT2D eigenvalue weighted by Crippen LogP contribution is 2.34. The number of benzene rings is 1. The number of guanidine groups is 1. The molecule has 2 N–H and O–H groups in total. The van der Waals surface area contributed by atoms with Crippen molar-refractivity contribution in [2.24, 2.45) is 4.99 Å². The summed E-state index contributed by atoms with van der Waals surface area (Å²) in [5, 5.41) is 6.91. The summed E-state index contributed by atoms with van der Waals surface area (Å²) in [6, 6.07) is 6.68. The highest BCUT2D eigenvalue weighted by molar-refractivity contribution is 14.0. The molecule has 1 aromatic rings. The van der Waals surface area contributed by atoms with E-state index in [9.17, 15) is 0 Å². The average Bonchev–Trinajstić information content (AvgIpc) is 3.17. The SMILES string of the molecule is CN=C(NCCc1cc(C)ccc1OC)NC1CC2CCC1O2.I. The summed E-state index contributed by atoms with van der Waals surface area (Å²) in [5.41, 5.74) is 2.47. The predicted molar refractivity (Wildman–Crippen MR) is 108 cm³/mol. The highest BCUT2D eigenvalue weighted by Gasteiger charge is 2.41. The number of nitrogens with one attached hydrogen (secondary N) is 2. The zero-order chi connectivity index (χ0) is 16.2. The number of hydrogen-bond donors (Lipinski definition) is 2. The maximum atomic E-state index is 5.89. The first-order valence-electron chi connectivity index (χ1n) is 8.45. The summed E-state index contributed by atoms with van der Waals surface area (Å²) >= 11 is 0. The number of fused-ring (bicyclic) bond motifs is 2. The number of nitrogens with zero attached hydrogens (tertiary/aromatic N) is 1. The summed E-state index contributed by atoms with van der Waals surface area (Å²) in [7, 11) is 3.54. The first-order valence-corrected chi connectivity index (χ1v) is 8.45. The molecule has 2 heterocycles. The first-order chi connectivity index (χ1) is 11.2. The topological polar surface area (TPSA) is 54.9 Å². The molecule has 3 atom stereocenters. The van der Waals surface area contributed by atoms with Gasteiger partial charge in [-0.05, 0) is 44.2 Å². The highest BCUT2D eigenvalue weighted by atomic mass is 127. The fraction of sp³-hybridized carbons (Fsp3) is 0.611. The lowest BCUT2D eigenvalue weighted by atomic mass is 9.96. The van der Waals surface area contributed by atoms with Crippen molar-refractivity contribution in [2.45, 2.75) is 50.9 Å². The molecule has 1 aromatic carbocycles. The molecule has 0 radical (unpaired) electrons. The van der Waals surface area contributed by atoms with E-state index in [4.69, 9.17) is 9.47 Å². The second-order valence-corrected chi connectivity index (χ2v) is 6.42. The largest absolute Gasteiger partial charge is 0.496 e. The van der Waals surface area contributed by atoms with Crippen LogP contribution < -0.4 is 15.4 Å². The minimum Gasteiger partial charge on any atom is -0.496 e. The van der Waals surface area contributed by atoms with Gasteiger partial charge in [0.1, 0.15) is 5.75 Å². The molecule has 24 heavy (non-hydrogen) atoms. The molecule has 0 aromatic heterocycles. The lowest BCUT2D eigenvalue weighted by molar-refractivity contribution is 0.0992. The summed E-state index contributed by atoms with van der Waals surface area (Å²) in [5.74, 6) is 1.81. The second-order valence-electron chi connectivity index (χ2n) is 6.42. The van der Waals surface area contributed by atoms with Crippen LogP contribution in [-0.4, -0.2) is 44.9 Å². The lowest BCUT2D eigenvalue weighted by Crippen LogP contribution is -2.47. The lowest BCUT2D eigenvalue weighted by Gasteiger charge is -2.22. The molecule has 3 unspecified atom stereocenters. The maximum Gasteiger partial charge on any atom is 0.191 e. The molecule has 134 valence electrons. The van der Waals surface area contributed by atoms with E-state index in [1.807, 2.05) is 13.1 Å². The van der Waals surface area contributed by atoms with Gasteiger partial charge in [0.25, 0.3) is 0 Å². The average molecular weight is 445 g/mol. The van der Waals surface area contributed by atoms with Crippen LogP contribution in [0.3, 0.4) is 0 Å². The smallest absolute Gasteiger partial charge is 0.191 e. The van der Waals surface area contributed by atoms with Crippen LogP contribution in [0, 0.1) is 6.92 Å². The van der Waals surface area contributed by atoms with Crippen LogP contribution in [-0.2, 0) is 11.2 Å². The summed E-state index contributed by atoms with van der Waals surface area (Å²) in [6.07, 6.45) is 5.18. The number of methoxy groups -OCH3 is 1. The van der Waals surface area contributed by atoms with Crippen LogP contribution in [0.5, 0.6) is 5.75 Å². The third kappa shape index (κ3) is 4.53. The van der Waals surface area contributed by atoms with E-state index in [1.54, 1.807) is 7.11 Å². The van der Waals surface area contributed by atoms with Crippen LogP contribution in [0.15, 0.2) is 23.2 Å². The van der Waals surface area contributed by atoms with Gasteiger partial charge in [0, 0.05) is 13.6 Å². The van der Waals surface area contributed by atoms with Gasteiger partial charge in [0.05, 0.1) is 25.4 Å². The molecule has 2 saturated heterocycles. The fourth-order valence-corrected chi connectivity index (χ4v) is 3.58. The Morgan fingerprint density at radius 1 is 1.38 bits per heavy atom. The molecule has 0 aliphatic carbocycles. The molecule has 2 fully saturated rings. The Morgan fingerprint density at radius 3 is 2.83 bits per heavy atom. The first kappa shape index (κ1) is 19.3. The van der Waals surface area contributed by atoms with E-state index in [0.29, 0.717) is 18.2 Å². The Morgan fingerprint density at radius 2 is 2.21 bits per heavy atom. The molecular weight excluding hydrogens is 417 g/mol. The molecule has 5 nitrogen and oxygen atoms in total. The zero-order valence-corrected chi connectivity index (χ0v) is 17.0. The minimum absolute atomic E-state index is 0. The fourth-order valence-electron chi connectivity index (χ4n) is 3.58. The third-order valence-electron chi connectivity index (χ3n) is 4.77. The van der Waals surface area contributed by atoms with Crippen molar-refractivity contribution < 1.29 is 9.47 Å². The van der Waals surface area contributed by atoms with E-state index in [1.165, 1.54) is 24.0 Å². The van der Waals surface area contributed by atoms with Crippen molar-refractivity contribution >= 4 is 29.9 Å². The van der Waals surface area contributed by atoms with Gasteiger partial charge in [-0.2, -0.15) is 0 Å². The van der Waals surface area contributed by atoms with Crippen molar-refractivity contribution in [1.29, 1.82) is 0 Å². The normalized spacial score (nSPS) is 25.3. The van der Waals surface area contributed by atoms with E-state index in [0.717, 1.165) is 31.1 Å². The molecule has 0 spiro atoms. The van der Waals surface area contributed by atoms with Gasteiger partial charge < -0.3 is 20.1 Å². The number of aliphatic imine (C=N–C) groups is 1. The van der Waals surface area contributed by atoms with Crippen molar-refractivity contribution in [1.82, 2.24) is 10.6 Å². The number of ether oxygens (including phenoxy) is 2. The Kier molecular flexibility index (Phi) is 7.16.